The first-order valence-electron chi connectivity index (χ1n) is 6.21. The number of hydrogen-bond donors (Lipinski definition) is 1. The van der Waals surface area contributed by atoms with Crippen molar-refractivity contribution in [2.24, 2.45) is 5.92 Å². The molecule has 96 valence electrons. The van der Waals surface area contributed by atoms with Gasteiger partial charge in [-0.1, -0.05) is 5.16 Å². The molecule has 1 fully saturated rings. The zero-order chi connectivity index (χ0) is 12.3. The Labute approximate surface area is 103 Å². The van der Waals surface area contributed by atoms with Crippen LogP contribution in [0, 0.1) is 5.92 Å². The largest absolute Gasteiger partial charge is 0.381 e. The van der Waals surface area contributed by atoms with E-state index in [0.717, 1.165) is 24.8 Å². The molecule has 2 heterocycles. The van der Waals surface area contributed by atoms with Crippen molar-refractivity contribution in [3.8, 4) is 0 Å². The summed E-state index contributed by atoms with van der Waals surface area (Å²) in [5, 5.41) is 3.70. The second kappa shape index (κ2) is 5.51. The van der Waals surface area contributed by atoms with Crippen LogP contribution in [0.2, 0.25) is 0 Å². The summed E-state index contributed by atoms with van der Waals surface area (Å²) in [5.41, 5.74) is 5.52. The van der Waals surface area contributed by atoms with Gasteiger partial charge < -0.3 is 15.2 Å². The molecule has 0 spiro atoms. The number of rotatable bonds is 4. The molecule has 5 nitrogen and oxygen atoms in total. The average molecular weight is 238 g/mol. The molecule has 1 aliphatic rings. The normalized spacial score (nSPS) is 19.0. The highest BCUT2D eigenvalue weighted by molar-refractivity contribution is 5.26. The van der Waals surface area contributed by atoms with E-state index in [4.69, 9.17) is 10.3 Å². The van der Waals surface area contributed by atoms with Gasteiger partial charge in [-0.15, -0.1) is 0 Å². The average Bonchev–Trinajstić information content (AvgIpc) is 2.67. The highest BCUT2D eigenvalue weighted by Gasteiger charge is 2.18. The SMILES string of the molecule is CN1CCC(CN(C)Cc2cc(N)no2)CC1. The molecule has 0 aliphatic carbocycles. The number of hydrogen-bond acceptors (Lipinski definition) is 5. The number of anilines is 1. The minimum Gasteiger partial charge on any atom is -0.381 e. The summed E-state index contributed by atoms with van der Waals surface area (Å²) in [6, 6.07) is 1.80. The van der Waals surface area contributed by atoms with Gasteiger partial charge in [0.1, 0.15) is 0 Å². The van der Waals surface area contributed by atoms with Crippen molar-refractivity contribution in [2.45, 2.75) is 19.4 Å². The third-order valence-corrected chi connectivity index (χ3v) is 3.41. The van der Waals surface area contributed by atoms with Gasteiger partial charge in [0, 0.05) is 12.6 Å². The molecule has 0 saturated carbocycles. The Morgan fingerprint density at radius 1 is 1.53 bits per heavy atom. The highest BCUT2D eigenvalue weighted by Crippen LogP contribution is 2.18. The van der Waals surface area contributed by atoms with Crippen LogP contribution in [-0.2, 0) is 6.54 Å². The first kappa shape index (κ1) is 12.4. The highest BCUT2D eigenvalue weighted by atomic mass is 16.5. The van der Waals surface area contributed by atoms with E-state index in [1.807, 2.05) is 0 Å². The van der Waals surface area contributed by atoms with Crippen LogP contribution in [0.5, 0.6) is 0 Å². The van der Waals surface area contributed by atoms with Gasteiger partial charge in [0.15, 0.2) is 11.6 Å². The molecule has 1 saturated heterocycles. The second-order valence-corrected chi connectivity index (χ2v) is 5.16. The Balaban J connectivity index is 1.75. The van der Waals surface area contributed by atoms with Crippen LogP contribution in [0.1, 0.15) is 18.6 Å². The van der Waals surface area contributed by atoms with Gasteiger partial charge in [-0.2, -0.15) is 0 Å². The van der Waals surface area contributed by atoms with Crippen LogP contribution in [0.4, 0.5) is 5.82 Å². The van der Waals surface area contributed by atoms with Crippen molar-refractivity contribution in [2.75, 3.05) is 39.5 Å². The lowest BCUT2D eigenvalue weighted by atomic mass is 9.97. The van der Waals surface area contributed by atoms with Gasteiger partial charge in [0.05, 0.1) is 6.54 Å². The Bertz CT molecular complexity index is 344. The number of nitrogen functional groups attached to an aromatic ring is 1. The van der Waals surface area contributed by atoms with E-state index in [1.165, 1.54) is 25.9 Å². The summed E-state index contributed by atoms with van der Waals surface area (Å²) in [5.74, 6) is 2.11. The molecular formula is C12H22N4O. The lowest BCUT2D eigenvalue weighted by molar-refractivity contribution is 0.166. The van der Waals surface area contributed by atoms with Crippen molar-refractivity contribution in [3.63, 3.8) is 0 Å². The van der Waals surface area contributed by atoms with Crippen molar-refractivity contribution in [3.05, 3.63) is 11.8 Å². The zero-order valence-corrected chi connectivity index (χ0v) is 10.7. The predicted molar refractivity (Wildman–Crippen MR) is 67.5 cm³/mol. The topological polar surface area (TPSA) is 58.5 Å². The molecule has 17 heavy (non-hydrogen) atoms. The van der Waals surface area contributed by atoms with Crippen LogP contribution in [-0.4, -0.2) is 48.7 Å². The molecule has 0 bridgehead atoms. The van der Waals surface area contributed by atoms with Gasteiger partial charge in [0.2, 0.25) is 0 Å². The van der Waals surface area contributed by atoms with E-state index in [-0.39, 0.29) is 0 Å². The lowest BCUT2D eigenvalue weighted by Crippen LogP contribution is -2.35. The fourth-order valence-electron chi connectivity index (χ4n) is 2.42. The maximum atomic E-state index is 5.52. The molecule has 2 N–H and O–H groups in total. The molecule has 1 aliphatic heterocycles. The number of aromatic nitrogens is 1. The fourth-order valence-corrected chi connectivity index (χ4v) is 2.42. The summed E-state index contributed by atoms with van der Waals surface area (Å²) < 4.78 is 5.12. The Hall–Kier alpha value is -1.07. The number of nitrogens with two attached hydrogens (primary N) is 1. The molecular weight excluding hydrogens is 216 g/mol. The van der Waals surface area contributed by atoms with Crippen molar-refractivity contribution < 1.29 is 4.52 Å². The zero-order valence-electron chi connectivity index (χ0n) is 10.7. The third-order valence-electron chi connectivity index (χ3n) is 3.41. The molecule has 0 unspecified atom stereocenters. The van der Waals surface area contributed by atoms with E-state index in [1.54, 1.807) is 6.07 Å². The fraction of sp³-hybridized carbons (Fsp3) is 0.750. The van der Waals surface area contributed by atoms with E-state index in [0.29, 0.717) is 5.82 Å². The molecule has 0 radical (unpaired) electrons. The maximum absolute atomic E-state index is 5.52. The van der Waals surface area contributed by atoms with Crippen molar-refractivity contribution in [1.82, 2.24) is 15.0 Å². The summed E-state index contributed by atoms with van der Waals surface area (Å²) in [6.07, 6.45) is 2.58. The quantitative estimate of drug-likeness (QED) is 0.849. The summed E-state index contributed by atoms with van der Waals surface area (Å²) in [7, 11) is 4.31. The van der Waals surface area contributed by atoms with Crippen LogP contribution < -0.4 is 5.73 Å². The van der Waals surface area contributed by atoms with Gasteiger partial charge in [-0.25, -0.2) is 0 Å². The predicted octanol–water partition coefficient (Wildman–Crippen LogP) is 1.03. The third kappa shape index (κ3) is 3.71. The second-order valence-electron chi connectivity index (χ2n) is 5.16. The van der Waals surface area contributed by atoms with E-state index < -0.39 is 0 Å². The first-order valence-corrected chi connectivity index (χ1v) is 6.21. The number of nitrogens with zero attached hydrogens (tertiary/aromatic N) is 3. The van der Waals surface area contributed by atoms with E-state index in [2.05, 4.69) is 29.1 Å². The number of likely N-dealkylation sites (tertiary alicyclic amines) is 1. The Morgan fingerprint density at radius 2 is 2.24 bits per heavy atom. The molecule has 1 aromatic rings. The van der Waals surface area contributed by atoms with Gasteiger partial charge in [0.25, 0.3) is 0 Å². The van der Waals surface area contributed by atoms with E-state index in [9.17, 15) is 0 Å². The van der Waals surface area contributed by atoms with Gasteiger partial charge >= 0.3 is 0 Å². The molecule has 2 rings (SSSR count). The van der Waals surface area contributed by atoms with E-state index >= 15 is 0 Å². The van der Waals surface area contributed by atoms with Crippen LogP contribution >= 0.6 is 0 Å². The lowest BCUT2D eigenvalue weighted by Gasteiger charge is -2.31. The van der Waals surface area contributed by atoms with Gasteiger partial charge in [-0.05, 0) is 45.9 Å². The molecule has 0 atom stereocenters. The van der Waals surface area contributed by atoms with Crippen LogP contribution in [0.3, 0.4) is 0 Å². The molecule has 0 aromatic carbocycles. The monoisotopic (exact) mass is 238 g/mol. The first-order chi connectivity index (χ1) is 8.13. The minimum absolute atomic E-state index is 0.465. The maximum Gasteiger partial charge on any atom is 0.167 e. The van der Waals surface area contributed by atoms with Crippen LogP contribution in [0.25, 0.3) is 0 Å². The standard InChI is InChI=1S/C12H22N4O/c1-15-5-3-10(4-6-15)8-16(2)9-11-7-12(13)14-17-11/h7,10H,3-6,8-9H2,1-2H3,(H2,13,14). The summed E-state index contributed by atoms with van der Waals surface area (Å²) >= 11 is 0. The van der Waals surface area contributed by atoms with Crippen LogP contribution in [0.15, 0.2) is 10.6 Å². The van der Waals surface area contributed by atoms with Gasteiger partial charge in [-0.3, -0.25) is 4.90 Å². The molecule has 0 amide bonds. The smallest absolute Gasteiger partial charge is 0.167 e. The Kier molecular flexibility index (Phi) is 4.02. The molecule has 1 aromatic heterocycles. The number of piperidine rings is 1. The molecule has 5 heteroatoms. The minimum atomic E-state index is 0.465. The van der Waals surface area contributed by atoms with Crippen molar-refractivity contribution in [1.29, 1.82) is 0 Å². The summed E-state index contributed by atoms with van der Waals surface area (Å²) in [4.78, 5) is 4.68. The van der Waals surface area contributed by atoms with Crippen molar-refractivity contribution >= 4 is 5.82 Å². The summed E-state index contributed by atoms with van der Waals surface area (Å²) in [6.45, 7) is 4.34. The Morgan fingerprint density at radius 3 is 2.82 bits per heavy atom.